The summed E-state index contributed by atoms with van der Waals surface area (Å²) in [5.41, 5.74) is 4.55. The molecule has 4 heterocycles. The Hall–Kier alpha value is -2.00. The minimum absolute atomic E-state index is 0. The number of rotatable bonds is 4. The van der Waals surface area contributed by atoms with Gasteiger partial charge >= 0.3 is 0 Å². The molecule has 10 heteroatoms. The zero-order chi connectivity index (χ0) is 21.7. The molecule has 176 valence electrons. The smallest absolute Gasteiger partial charge is 0.284 e. The van der Waals surface area contributed by atoms with Crippen molar-refractivity contribution in [2.45, 2.75) is 38.8 Å². The van der Waals surface area contributed by atoms with E-state index < -0.39 is 0 Å². The third-order valence-electron chi connectivity index (χ3n) is 6.30. The van der Waals surface area contributed by atoms with Crippen molar-refractivity contribution in [3.8, 4) is 22.5 Å². The Kier molecular flexibility index (Phi) is 7.62. The molecule has 0 atom stereocenters. The summed E-state index contributed by atoms with van der Waals surface area (Å²) in [6.07, 6.45) is 8.34. The van der Waals surface area contributed by atoms with E-state index in [1.165, 1.54) is 11.6 Å². The Balaban J connectivity index is 0.00000137. The van der Waals surface area contributed by atoms with Gasteiger partial charge in [-0.05, 0) is 61.4 Å². The molecule has 0 saturated carbocycles. The monoisotopic (exact) mass is 622 g/mol. The molecule has 6 rings (SSSR count). The summed E-state index contributed by atoms with van der Waals surface area (Å²) in [7, 11) is 0. The number of hydrogen-bond donors (Lipinski definition) is 0. The molecule has 0 saturated heterocycles. The third-order valence-corrected chi connectivity index (χ3v) is 6.80. The Morgan fingerprint density at radius 2 is 1.00 bits per heavy atom. The van der Waals surface area contributed by atoms with Crippen LogP contribution in [0, 0.1) is 0 Å². The maximum atomic E-state index is 6.08. The van der Waals surface area contributed by atoms with E-state index in [4.69, 9.17) is 23.2 Å². The predicted octanol–water partition coefficient (Wildman–Crippen LogP) is -0.916. The van der Waals surface area contributed by atoms with E-state index in [2.05, 4.69) is 56.2 Å². The van der Waals surface area contributed by atoms with Crippen molar-refractivity contribution < 1.29 is 43.1 Å². The first-order chi connectivity index (χ1) is 15.7. The third kappa shape index (κ3) is 4.49. The van der Waals surface area contributed by atoms with Crippen molar-refractivity contribution in [2.75, 3.05) is 0 Å². The van der Waals surface area contributed by atoms with Crippen LogP contribution >= 0.6 is 23.2 Å². The standard InChI is InChI=1S/C24H22Cl2N6.2BrH/c25-19-9-5-17(6-10-19)21-15-31(23-3-1-13-29(21)23)27-28-32-16-22(30-14-2-4-24(30)32)18-7-11-20(26)12-8-18;;/h5-12,15-16H,1-4,13-14H2;2*1H/q+2;;/p-2/b28-27+;;. The van der Waals surface area contributed by atoms with Crippen LogP contribution in [0.5, 0.6) is 0 Å². The highest BCUT2D eigenvalue weighted by Gasteiger charge is 2.31. The molecule has 2 aromatic carbocycles. The van der Waals surface area contributed by atoms with E-state index in [1.54, 1.807) is 0 Å². The minimum atomic E-state index is 0. The van der Waals surface area contributed by atoms with Gasteiger partial charge in [-0.25, -0.2) is 9.13 Å². The summed E-state index contributed by atoms with van der Waals surface area (Å²) in [6.45, 7) is 1.98. The lowest BCUT2D eigenvalue weighted by Crippen LogP contribution is -3.00. The highest BCUT2D eigenvalue weighted by atomic mass is 79.9. The van der Waals surface area contributed by atoms with Crippen LogP contribution in [0.1, 0.15) is 24.5 Å². The lowest BCUT2D eigenvalue weighted by atomic mass is 10.2. The Labute approximate surface area is 228 Å². The number of nitrogens with zero attached hydrogens (tertiary/aromatic N) is 6. The minimum Gasteiger partial charge on any atom is -1.00 e. The highest BCUT2D eigenvalue weighted by Crippen LogP contribution is 2.25. The molecule has 2 aliphatic rings. The summed E-state index contributed by atoms with van der Waals surface area (Å²) in [5.74, 6) is 2.35. The molecule has 0 amide bonds. The van der Waals surface area contributed by atoms with Crippen molar-refractivity contribution in [3.05, 3.63) is 82.6 Å². The SMILES string of the molecule is Clc1ccc(-c2cn(/N=N/n3cc(-c4ccc(Cl)cc4)[n+]4c3CCC4)c3[n+]2CCC3)cc1.[Br-].[Br-]. The number of imidazole rings is 2. The van der Waals surface area contributed by atoms with E-state index in [0.29, 0.717) is 0 Å². The van der Waals surface area contributed by atoms with Gasteiger partial charge in [0.2, 0.25) is 0 Å². The average molecular weight is 625 g/mol. The first-order valence-electron chi connectivity index (χ1n) is 10.9. The largest absolute Gasteiger partial charge is 1.00 e. The van der Waals surface area contributed by atoms with Crippen LogP contribution in [0.3, 0.4) is 0 Å². The zero-order valence-electron chi connectivity index (χ0n) is 18.2. The fraction of sp³-hybridized carbons (Fsp3) is 0.250. The van der Waals surface area contributed by atoms with Crippen LogP contribution in [0.25, 0.3) is 22.5 Å². The van der Waals surface area contributed by atoms with Crippen molar-refractivity contribution in [2.24, 2.45) is 10.4 Å². The van der Waals surface area contributed by atoms with Gasteiger partial charge in [0.1, 0.15) is 0 Å². The molecular formula is C24H22Br2Cl2N6. The van der Waals surface area contributed by atoms with Crippen LogP contribution in [-0.2, 0) is 25.9 Å². The molecule has 0 N–H and O–H groups in total. The lowest BCUT2D eigenvalue weighted by Gasteiger charge is -1.98. The van der Waals surface area contributed by atoms with Gasteiger partial charge in [-0.2, -0.15) is 0 Å². The van der Waals surface area contributed by atoms with E-state index in [0.717, 1.165) is 71.3 Å². The van der Waals surface area contributed by atoms with Crippen LogP contribution in [-0.4, -0.2) is 9.35 Å². The molecule has 34 heavy (non-hydrogen) atoms. The topological polar surface area (TPSA) is 42.3 Å². The van der Waals surface area contributed by atoms with Gasteiger partial charge in [0.15, 0.2) is 23.8 Å². The molecule has 2 aromatic heterocycles. The maximum absolute atomic E-state index is 6.08. The fourth-order valence-corrected chi connectivity index (χ4v) is 5.03. The average Bonchev–Trinajstić information content (AvgIpc) is 3.56. The van der Waals surface area contributed by atoms with Gasteiger partial charge in [-0.1, -0.05) is 32.6 Å². The second kappa shape index (κ2) is 10.3. The Morgan fingerprint density at radius 1 is 0.618 bits per heavy atom. The molecule has 0 unspecified atom stereocenters. The van der Waals surface area contributed by atoms with Gasteiger partial charge in [0, 0.05) is 21.2 Å². The summed E-state index contributed by atoms with van der Waals surface area (Å²) in [4.78, 5) is 0. The number of halogens is 4. The van der Waals surface area contributed by atoms with Crippen molar-refractivity contribution >= 4 is 23.2 Å². The second-order valence-corrected chi connectivity index (χ2v) is 9.13. The van der Waals surface area contributed by atoms with Crippen molar-refractivity contribution in [1.29, 1.82) is 0 Å². The maximum Gasteiger partial charge on any atom is 0.284 e. The number of fused-ring (bicyclic) bond motifs is 2. The second-order valence-electron chi connectivity index (χ2n) is 8.25. The molecule has 0 aliphatic carbocycles. The van der Waals surface area contributed by atoms with Gasteiger partial charge in [0.05, 0.1) is 36.4 Å². The summed E-state index contributed by atoms with van der Waals surface area (Å²) in [6, 6.07) is 15.9. The van der Waals surface area contributed by atoms with Gasteiger partial charge in [-0.15, -0.1) is 0 Å². The first-order valence-corrected chi connectivity index (χ1v) is 11.7. The highest BCUT2D eigenvalue weighted by molar-refractivity contribution is 6.30. The van der Waals surface area contributed by atoms with Crippen molar-refractivity contribution in [1.82, 2.24) is 9.35 Å². The van der Waals surface area contributed by atoms with Gasteiger partial charge in [-0.3, -0.25) is 0 Å². The number of benzene rings is 2. The zero-order valence-corrected chi connectivity index (χ0v) is 22.9. The van der Waals surface area contributed by atoms with Crippen LogP contribution in [0.15, 0.2) is 71.4 Å². The Morgan fingerprint density at radius 3 is 1.38 bits per heavy atom. The van der Waals surface area contributed by atoms with Crippen molar-refractivity contribution in [3.63, 3.8) is 0 Å². The van der Waals surface area contributed by atoms with Gasteiger partial charge in [0.25, 0.3) is 11.6 Å². The molecule has 6 nitrogen and oxygen atoms in total. The normalized spacial score (nSPS) is 14.1. The first kappa shape index (κ1) is 25.1. The molecule has 0 spiro atoms. The van der Waals surface area contributed by atoms with E-state index >= 15 is 0 Å². The fourth-order valence-electron chi connectivity index (χ4n) is 4.78. The summed E-state index contributed by atoms with van der Waals surface area (Å²) in [5, 5.41) is 10.7. The lowest BCUT2D eigenvalue weighted by molar-refractivity contribution is -0.680. The van der Waals surface area contributed by atoms with Crippen LogP contribution in [0.4, 0.5) is 0 Å². The van der Waals surface area contributed by atoms with Crippen LogP contribution < -0.4 is 43.1 Å². The predicted molar refractivity (Wildman–Crippen MR) is 122 cm³/mol. The van der Waals surface area contributed by atoms with E-state index in [9.17, 15) is 0 Å². The molecular weight excluding hydrogens is 603 g/mol. The number of aromatic nitrogens is 4. The molecule has 4 aromatic rings. The summed E-state index contributed by atoms with van der Waals surface area (Å²) < 4.78 is 8.50. The quantitative estimate of drug-likeness (QED) is 0.209. The Bertz CT molecular complexity index is 1240. The van der Waals surface area contributed by atoms with Gasteiger partial charge < -0.3 is 34.0 Å². The van der Waals surface area contributed by atoms with E-state index in [1.807, 2.05) is 33.6 Å². The summed E-state index contributed by atoms with van der Waals surface area (Å²) >= 11 is 12.2. The molecule has 0 radical (unpaired) electrons. The number of hydrogen-bond acceptors (Lipinski definition) is 2. The van der Waals surface area contributed by atoms with E-state index in [-0.39, 0.29) is 34.0 Å². The molecule has 2 aliphatic heterocycles. The molecule has 0 fully saturated rings. The van der Waals surface area contributed by atoms with Crippen LogP contribution in [0.2, 0.25) is 10.0 Å². The molecule has 0 bridgehead atoms.